The molecule has 16 heavy (non-hydrogen) atoms. The highest BCUT2D eigenvalue weighted by molar-refractivity contribution is 5.13. The quantitative estimate of drug-likeness (QED) is 0.786. The molecule has 1 aromatic rings. The largest absolute Gasteiger partial charge is 0.369 e. The van der Waals surface area contributed by atoms with Gasteiger partial charge in [0.1, 0.15) is 0 Å². The Morgan fingerprint density at radius 2 is 2.12 bits per heavy atom. The summed E-state index contributed by atoms with van der Waals surface area (Å²) < 4.78 is 6.07. The molecule has 0 bridgehead atoms. The summed E-state index contributed by atoms with van der Waals surface area (Å²) in [6.45, 7) is 3.34. The van der Waals surface area contributed by atoms with E-state index in [2.05, 4.69) is 17.4 Å². The highest BCUT2D eigenvalue weighted by Crippen LogP contribution is 2.24. The van der Waals surface area contributed by atoms with Gasteiger partial charge in [-0.05, 0) is 31.5 Å². The van der Waals surface area contributed by atoms with Crippen LogP contribution in [0.2, 0.25) is 0 Å². The van der Waals surface area contributed by atoms with E-state index in [0.717, 1.165) is 25.9 Å². The van der Waals surface area contributed by atoms with Crippen LogP contribution in [0, 0.1) is 0 Å². The van der Waals surface area contributed by atoms with Crippen molar-refractivity contribution < 1.29 is 4.74 Å². The molecule has 1 aromatic carbocycles. The van der Waals surface area contributed by atoms with Gasteiger partial charge in [-0.25, -0.2) is 0 Å². The molecule has 1 unspecified atom stereocenters. The van der Waals surface area contributed by atoms with Crippen LogP contribution in [0.15, 0.2) is 30.3 Å². The van der Waals surface area contributed by atoms with Crippen molar-refractivity contribution in [3.05, 3.63) is 35.9 Å². The molecule has 1 atom stereocenters. The molecule has 1 fully saturated rings. The fraction of sp³-hybridized carbons (Fsp3) is 0.538. The highest BCUT2D eigenvalue weighted by Gasteiger charge is 2.33. The summed E-state index contributed by atoms with van der Waals surface area (Å²) in [4.78, 5) is 0. The normalized spacial score (nSPS) is 24.8. The second kappa shape index (κ2) is 5.43. The zero-order chi connectivity index (χ0) is 11.3. The van der Waals surface area contributed by atoms with Crippen LogP contribution in [-0.2, 0) is 11.3 Å². The Labute approximate surface area is 97.0 Å². The van der Waals surface area contributed by atoms with Crippen LogP contribution in [0.1, 0.15) is 18.4 Å². The van der Waals surface area contributed by atoms with Crippen LogP contribution in [0.25, 0.3) is 0 Å². The summed E-state index contributed by atoms with van der Waals surface area (Å²) in [5.74, 6) is 0. The third-order valence-corrected chi connectivity index (χ3v) is 3.19. The molecule has 1 aliphatic rings. The van der Waals surface area contributed by atoms with Crippen molar-refractivity contribution in [1.29, 1.82) is 0 Å². The first kappa shape index (κ1) is 11.6. The topological polar surface area (TPSA) is 47.3 Å². The Kier molecular flexibility index (Phi) is 3.93. The van der Waals surface area contributed by atoms with Crippen LogP contribution in [0.3, 0.4) is 0 Å². The second-order valence-electron chi connectivity index (χ2n) is 4.42. The zero-order valence-corrected chi connectivity index (χ0v) is 9.61. The average Bonchev–Trinajstić information content (AvgIpc) is 2.78. The van der Waals surface area contributed by atoms with Crippen LogP contribution >= 0.6 is 0 Å². The molecule has 0 amide bonds. The summed E-state index contributed by atoms with van der Waals surface area (Å²) in [6.07, 6.45) is 2.00. The van der Waals surface area contributed by atoms with Crippen LogP contribution in [-0.4, -0.2) is 25.2 Å². The van der Waals surface area contributed by atoms with E-state index in [4.69, 9.17) is 10.5 Å². The number of benzene rings is 1. The first-order valence-electron chi connectivity index (χ1n) is 5.93. The lowest BCUT2D eigenvalue weighted by atomic mass is 9.98. The number of ether oxygens (including phenoxy) is 1. The van der Waals surface area contributed by atoms with E-state index in [0.29, 0.717) is 13.2 Å². The van der Waals surface area contributed by atoms with Gasteiger partial charge in [-0.3, -0.25) is 0 Å². The van der Waals surface area contributed by atoms with Gasteiger partial charge >= 0.3 is 0 Å². The van der Waals surface area contributed by atoms with E-state index in [9.17, 15) is 0 Å². The predicted octanol–water partition coefficient (Wildman–Crippen LogP) is 1.28. The maximum absolute atomic E-state index is 6.07. The molecule has 0 spiro atoms. The number of nitrogens with one attached hydrogen (secondary N) is 1. The summed E-state index contributed by atoms with van der Waals surface area (Å²) in [5, 5.41) is 3.35. The van der Waals surface area contributed by atoms with Crippen molar-refractivity contribution in [1.82, 2.24) is 5.32 Å². The van der Waals surface area contributed by atoms with Crippen molar-refractivity contribution in [3.8, 4) is 0 Å². The maximum atomic E-state index is 6.07. The van der Waals surface area contributed by atoms with Gasteiger partial charge in [0.05, 0.1) is 12.2 Å². The molecule has 3 N–H and O–H groups in total. The predicted molar refractivity (Wildman–Crippen MR) is 65.1 cm³/mol. The second-order valence-corrected chi connectivity index (χ2v) is 4.42. The lowest BCUT2D eigenvalue weighted by Crippen LogP contribution is -2.37. The molecule has 0 aromatic heterocycles. The highest BCUT2D eigenvalue weighted by atomic mass is 16.5. The Morgan fingerprint density at radius 3 is 2.75 bits per heavy atom. The minimum Gasteiger partial charge on any atom is -0.369 e. The Morgan fingerprint density at radius 1 is 1.31 bits per heavy atom. The maximum Gasteiger partial charge on any atom is 0.0834 e. The Bertz CT molecular complexity index is 307. The lowest BCUT2D eigenvalue weighted by Gasteiger charge is -2.28. The van der Waals surface area contributed by atoms with Gasteiger partial charge in [-0.15, -0.1) is 0 Å². The van der Waals surface area contributed by atoms with Gasteiger partial charge in [0.2, 0.25) is 0 Å². The van der Waals surface area contributed by atoms with Crippen molar-refractivity contribution in [3.63, 3.8) is 0 Å². The molecule has 1 heterocycles. The first-order chi connectivity index (χ1) is 7.85. The average molecular weight is 220 g/mol. The minimum absolute atomic E-state index is 0.0371. The van der Waals surface area contributed by atoms with E-state index in [1.54, 1.807) is 0 Å². The van der Waals surface area contributed by atoms with E-state index in [-0.39, 0.29) is 5.60 Å². The Balaban J connectivity index is 1.92. The van der Waals surface area contributed by atoms with Gasteiger partial charge in [-0.1, -0.05) is 30.3 Å². The van der Waals surface area contributed by atoms with Crippen LogP contribution in [0.5, 0.6) is 0 Å². The number of hydrogen-bond acceptors (Lipinski definition) is 3. The third kappa shape index (κ3) is 2.82. The first-order valence-corrected chi connectivity index (χ1v) is 5.93. The van der Waals surface area contributed by atoms with Crippen molar-refractivity contribution in [2.24, 2.45) is 5.73 Å². The fourth-order valence-electron chi connectivity index (χ4n) is 2.20. The van der Waals surface area contributed by atoms with E-state index in [1.807, 2.05) is 18.2 Å². The van der Waals surface area contributed by atoms with Crippen molar-refractivity contribution >= 4 is 0 Å². The summed E-state index contributed by atoms with van der Waals surface area (Å²) in [7, 11) is 0. The molecule has 1 saturated heterocycles. The molecule has 0 radical (unpaired) electrons. The number of nitrogens with two attached hydrogens (primary N) is 1. The van der Waals surface area contributed by atoms with Gasteiger partial charge in [0, 0.05) is 6.54 Å². The van der Waals surface area contributed by atoms with Crippen molar-refractivity contribution in [2.75, 3.05) is 19.6 Å². The van der Waals surface area contributed by atoms with Crippen LogP contribution in [0.4, 0.5) is 0 Å². The number of rotatable bonds is 5. The summed E-state index contributed by atoms with van der Waals surface area (Å²) >= 11 is 0. The molecule has 0 aliphatic carbocycles. The van der Waals surface area contributed by atoms with Gasteiger partial charge in [-0.2, -0.15) is 0 Å². The van der Waals surface area contributed by atoms with Crippen LogP contribution < -0.4 is 11.1 Å². The molecule has 3 heteroatoms. The summed E-state index contributed by atoms with van der Waals surface area (Å²) in [5.41, 5.74) is 6.85. The minimum atomic E-state index is -0.0371. The molecule has 0 saturated carbocycles. The number of hydrogen-bond donors (Lipinski definition) is 2. The van der Waals surface area contributed by atoms with Gasteiger partial charge in [0.15, 0.2) is 0 Å². The van der Waals surface area contributed by atoms with Crippen molar-refractivity contribution in [2.45, 2.75) is 25.0 Å². The van der Waals surface area contributed by atoms with Gasteiger partial charge < -0.3 is 15.8 Å². The molecule has 3 nitrogen and oxygen atoms in total. The molecule has 1 aliphatic heterocycles. The third-order valence-electron chi connectivity index (χ3n) is 3.19. The van der Waals surface area contributed by atoms with E-state index < -0.39 is 0 Å². The molecular weight excluding hydrogens is 200 g/mol. The summed E-state index contributed by atoms with van der Waals surface area (Å²) in [6, 6.07) is 10.3. The monoisotopic (exact) mass is 220 g/mol. The zero-order valence-electron chi connectivity index (χ0n) is 9.61. The van der Waals surface area contributed by atoms with Gasteiger partial charge in [0.25, 0.3) is 0 Å². The molecule has 2 rings (SSSR count). The van der Waals surface area contributed by atoms with E-state index >= 15 is 0 Å². The standard InChI is InChI=1S/C13H20N2O/c14-8-6-13(7-9-15-11-13)16-10-12-4-2-1-3-5-12/h1-5,15H,6-11,14H2. The fourth-order valence-corrected chi connectivity index (χ4v) is 2.20. The van der Waals surface area contributed by atoms with E-state index in [1.165, 1.54) is 5.56 Å². The molecular formula is C13H20N2O. The SMILES string of the molecule is NCCC1(OCc2ccccc2)CCNC1. The lowest BCUT2D eigenvalue weighted by molar-refractivity contribution is -0.0460. The Hall–Kier alpha value is -0.900. The molecule has 88 valence electrons. The smallest absolute Gasteiger partial charge is 0.0834 e.